The van der Waals surface area contributed by atoms with E-state index in [1.807, 2.05) is 0 Å². The number of halogens is 1. The highest BCUT2D eigenvalue weighted by Crippen LogP contribution is 2.10. The van der Waals surface area contributed by atoms with E-state index in [-0.39, 0.29) is 30.1 Å². The van der Waals surface area contributed by atoms with Crippen molar-refractivity contribution in [2.24, 2.45) is 4.99 Å². The first kappa shape index (κ1) is 25.3. The molecular formula is C22H37IN4O3. The Labute approximate surface area is 197 Å². The minimum absolute atomic E-state index is 0. The SMILES string of the molecule is CCNC(=NCc1ccc(CN2CCOCC2)cc1)NCCCOC1CCOC1.I. The predicted octanol–water partition coefficient (Wildman–Crippen LogP) is 2.39. The van der Waals surface area contributed by atoms with Gasteiger partial charge in [0.25, 0.3) is 0 Å². The minimum Gasteiger partial charge on any atom is -0.379 e. The zero-order valence-electron chi connectivity index (χ0n) is 18.1. The summed E-state index contributed by atoms with van der Waals surface area (Å²) in [6.07, 6.45) is 2.25. The first-order chi connectivity index (χ1) is 14.3. The number of nitrogens with one attached hydrogen (secondary N) is 2. The van der Waals surface area contributed by atoms with Crippen LogP contribution in [0.2, 0.25) is 0 Å². The maximum absolute atomic E-state index is 5.80. The Balaban J connectivity index is 0.00000320. The molecule has 0 bridgehead atoms. The highest BCUT2D eigenvalue weighted by atomic mass is 127. The second kappa shape index (κ2) is 15.0. The molecule has 30 heavy (non-hydrogen) atoms. The quantitative estimate of drug-likeness (QED) is 0.209. The van der Waals surface area contributed by atoms with E-state index in [1.165, 1.54) is 11.1 Å². The van der Waals surface area contributed by atoms with Crippen LogP contribution in [0.15, 0.2) is 29.3 Å². The fourth-order valence-corrected chi connectivity index (χ4v) is 3.45. The summed E-state index contributed by atoms with van der Waals surface area (Å²) in [5, 5.41) is 6.70. The lowest BCUT2D eigenvalue weighted by atomic mass is 10.1. The summed E-state index contributed by atoms with van der Waals surface area (Å²) in [5.74, 6) is 0.856. The normalized spacial score (nSPS) is 20.0. The molecule has 2 N–H and O–H groups in total. The first-order valence-corrected chi connectivity index (χ1v) is 10.9. The van der Waals surface area contributed by atoms with E-state index in [9.17, 15) is 0 Å². The Bertz CT molecular complexity index is 603. The van der Waals surface area contributed by atoms with Crippen LogP contribution in [-0.4, -0.2) is 76.2 Å². The summed E-state index contributed by atoms with van der Waals surface area (Å²) >= 11 is 0. The summed E-state index contributed by atoms with van der Waals surface area (Å²) in [7, 11) is 0. The molecule has 1 aromatic carbocycles. The summed E-state index contributed by atoms with van der Waals surface area (Å²) in [6, 6.07) is 8.79. The average molecular weight is 532 g/mol. The summed E-state index contributed by atoms with van der Waals surface area (Å²) in [5.41, 5.74) is 2.56. The van der Waals surface area contributed by atoms with E-state index in [4.69, 9.17) is 19.2 Å². The van der Waals surface area contributed by atoms with E-state index >= 15 is 0 Å². The van der Waals surface area contributed by atoms with E-state index < -0.39 is 0 Å². The lowest BCUT2D eigenvalue weighted by molar-refractivity contribution is 0.0342. The summed E-state index contributed by atoms with van der Waals surface area (Å²) < 4.78 is 16.5. The highest BCUT2D eigenvalue weighted by Gasteiger charge is 2.15. The van der Waals surface area contributed by atoms with Crippen molar-refractivity contribution >= 4 is 29.9 Å². The van der Waals surface area contributed by atoms with Crippen molar-refractivity contribution in [3.63, 3.8) is 0 Å². The Hall–Kier alpha value is -0.940. The molecule has 1 aromatic rings. The van der Waals surface area contributed by atoms with Crippen LogP contribution in [0.3, 0.4) is 0 Å². The summed E-state index contributed by atoms with van der Waals surface area (Å²) in [6.45, 7) is 11.5. The fourth-order valence-electron chi connectivity index (χ4n) is 3.45. The smallest absolute Gasteiger partial charge is 0.191 e. The van der Waals surface area contributed by atoms with Gasteiger partial charge in [-0.25, -0.2) is 4.99 Å². The molecule has 170 valence electrons. The van der Waals surface area contributed by atoms with Crippen LogP contribution in [0.5, 0.6) is 0 Å². The van der Waals surface area contributed by atoms with Crippen molar-refractivity contribution in [2.45, 2.75) is 39.0 Å². The van der Waals surface area contributed by atoms with Crippen LogP contribution in [0.1, 0.15) is 30.9 Å². The van der Waals surface area contributed by atoms with Crippen molar-refractivity contribution in [3.8, 4) is 0 Å². The molecule has 7 nitrogen and oxygen atoms in total. The van der Waals surface area contributed by atoms with E-state index in [0.29, 0.717) is 6.54 Å². The van der Waals surface area contributed by atoms with Gasteiger partial charge in [0.2, 0.25) is 0 Å². The van der Waals surface area contributed by atoms with Crippen LogP contribution in [0, 0.1) is 0 Å². The third-order valence-corrected chi connectivity index (χ3v) is 5.15. The zero-order valence-corrected chi connectivity index (χ0v) is 20.4. The summed E-state index contributed by atoms with van der Waals surface area (Å²) in [4.78, 5) is 7.15. The molecule has 8 heteroatoms. The van der Waals surface area contributed by atoms with Crippen LogP contribution >= 0.6 is 24.0 Å². The number of nitrogens with zero attached hydrogens (tertiary/aromatic N) is 2. The molecule has 1 unspecified atom stereocenters. The van der Waals surface area contributed by atoms with Gasteiger partial charge in [-0.3, -0.25) is 4.90 Å². The zero-order chi connectivity index (χ0) is 20.2. The Morgan fingerprint density at radius 2 is 1.87 bits per heavy atom. The number of hydrogen-bond acceptors (Lipinski definition) is 5. The molecule has 2 aliphatic heterocycles. The molecule has 2 aliphatic rings. The Morgan fingerprint density at radius 3 is 2.57 bits per heavy atom. The maximum atomic E-state index is 5.80. The van der Waals surface area contributed by atoms with Gasteiger partial charge in [0.1, 0.15) is 0 Å². The topological polar surface area (TPSA) is 67.4 Å². The highest BCUT2D eigenvalue weighted by molar-refractivity contribution is 14.0. The van der Waals surface area contributed by atoms with Crippen molar-refractivity contribution < 1.29 is 14.2 Å². The van der Waals surface area contributed by atoms with E-state index in [2.05, 4.69) is 46.7 Å². The molecule has 1 atom stereocenters. The molecule has 0 saturated carbocycles. The van der Waals surface area contributed by atoms with Gasteiger partial charge in [-0.15, -0.1) is 24.0 Å². The number of rotatable bonds is 10. The number of benzene rings is 1. The van der Waals surface area contributed by atoms with Crippen LogP contribution in [0.25, 0.3) is 0 Å². The Kier molecular flexibility index (Phi) is 12.6. The second-order valence-electron chi connectivity index (χ2n) is 7.54. The number of aliphatic imine (C=N–C) groups is 1. The standard InChI is InChI=1S/C22H36N4O3.HI/c1-2-23-22(24-9-3-12-29-21-8-13-28-18-21)25-16-19-4-6-20(7-5-19)17-26-10-14-27-15-11-26;/h4-7,21H,2-3,8-18H2,1H3,(H2,23,24,25);1H. The molecule has 2 fully saturated rings. The first-order valence-electron chi connectivity index (χ1n) is 10.9. The van der Waals surface area contributed by atoms with Gasteiger partial charge in [-0.05, 0) is 30.9 Å². The van der Waals surface area contributed by atoms with Crippen LogP contribution in [-0.2, 0) is 27.3 Å². The third kappa shape index (κ3) is 9.47. The molecule has 2 saturated heterocycles. The lowest BCUT2D eigenvalue weighted by Crippen LogP contribution is -2.38. The van der Waals surface area contributed by atoms with Crippen LogP contribution in [0.4, 0.5) is 0 Å². The van der Waals surface area contributed by atoms with Crippen molar-refractivity contribution in [1.29, 1.82) is 0 Å². The van der Waals surface area contributed by atoms with E-state index in [0.717, 1.165) is 84.6 Å². The third-order valence-electron chi connectivity index (χ3n) is 5.15. The fraction of sp³-hybridized carbons (Fsp3) is 0.682. The number of guanidine groups is 1. The van der Waals surface area contributed by atoms with Gasteiger partial charge in [0, 0.05) is 45.9 Å². The molecule has 0 amide bonds. The number of hydrogen-bond donors (Lipinski definition) is 2. The van der Waals surface area contributed by atoms with Crippen molar-refractivity contribution in [1.82, 2.24) is 15.5 Å². The lowest BCUT2D eigenvalue weighted by Gasteiger charge is -2.26. The monoisotopic (exact) mass is 532 g/mol. The maximum Gasteiger partial charge on any atom is 0.191 e. The average Bonchev–Trinajstić information content (AvgIpc) is 3.27. The molecule has 0 spiro atoms. The molecule has 0 aliphatic carbocycles. The van der Waals surface area contributed by atoms with Crippen molar-refractivity contribution in [3.05, 3.63) is 35.4 Å². The van der Waals surface area contributed by atoms with E-state index in [1.54, 1.807) is 0 Å². The molecule has 0 radical (unpaired) electrons. The van der Waals surface area contributed by atoms with Gasteiger partial charge in [0.15, 0.2) is 5.96 Å². The van der Waals surface area contributed by atoms with Gasteiger partial charge in [-0.1, -0.05) is 24.3 Å². The largest absolute Gasteiger partial charge is 0.379 e. The van der Waals surface area contributed by atoms with Gasteiger partial charge in [-0.2, -0.15) is 0 Å². The van der Waals surface area contributed by atoms with Gasteiger partial charge >= 0.3 is 0 Å². The van der Waals surface area contributed by atoms with Gasteiger partial charge in [0.05, 0.1) is 32.5 Å². The molecule has 3 rings (SSSR count). The molecule has 0 aromatic heterocycles. The number of ether oxygens (including phenoxy) is 3. The Morgan fingerprint density at radius 1 is 1.10 bits per heavy atom. The molecule has 2 heterocycles. The predicted molar refractivity (Wildman–Crippen MR) is 131 cm³/mol. The van der Waals surface area contributed by atoms with Crippen molar-refractivity contribution in [2.75, 3.05) is 59.2 Å². The van der Waals surface area contributed by atoms with Gasteiger partial charge < -0.3 is 24.8 Å². The number of morpholine rings is 1. The second-order valence-corrected chi connectivity index (χ2v) is 7.54. The van der Waals surface area contributed by atoms with Crippen LogP contribution < -0.4 is 10.6 Å². The minimum atomic E-state index is 0. The molecular weight excluding hydrogens is 495 g/mol.